The van der Waals surface area contributed by atoms with Gasteiger partial charge < -0.3 is 112 Å². The van der Waals surface area contributed by atoms with Crippen LogP contribution < -0.4 is 97.4 Å². The number of carboxylic acids is 1. The molecule has 0 aromatic heterocycles. The monoisotopic (exact) mass is 1620 g/mol. The van der Waals surface area contributed by atoms with E-state index in [-0.39, 0.29) is 135 Å². The Morgan fingerprint density at radius 3 is 1.33 bits per heavy atom. The number of amides is 13. The number of unbranched alkanes of at least 4 members (excludes halogenated alkanes) is 2. The van der Waals surface area contributed by atoms with Gasteiger partial charge in [-0.2, -0.15) is 0 Å². The maximum absolute atomic E-state index is 14.5. The first-order valence-electron chi connectivity index (χ1n) is 39.7. The average molecular weight is 1620 g/mol. The van der Waals surface area contributed by atoms with E-state index in [1.807, 2.05) is 4.90 Å². The number of carboxylic acid groups (broad SMARTS) is 1. The molecule has 0 radical (unpaired) electrons. The lowest BCUT2D eigenvalue weighted by atomic mass is 10.0. The van der Waals surface area contributed by atoms with Crippen molar-refractivity contribution in [3.63, 3.8) is 0 Å². The first-order valence-corrected chi connectivity index (χ1v) is 39.7. The summed E-state index contributed by atoms with van der Waals surface area (Å²) in [6.45, 7) is 13.1. The van der Waals surface area contributed by atoms with Crippen LogP contribution in [0.5, 0.6) is 0 Å². The van der Waals surface area contributed by atoms with Crippen molar-refractivity contribution in [2.45, 2.75) is 184 Å². The van der Waals surface area contributed by atoms with Gasteiger partial charge in [0, 0.05) is 97.7 Å². The molecule has 115 heavy (non-hydrogen) atoms. The van der Waals surface area contributed by atoms with E-state index in [9.17, 15) is 77.5 Å². The number of guanidine groups is 1. The molecule has 5 rings (SSSR count). The summed E-state index contributed by atoms with van der Waals surface area (Å²) in [6, 6.07) is 4.76. The lowest BCUT2D eigenvalue weighted by molar-refractivity contribution is -0.243. The highest BCUT2D eigenvalue weighted by Gasteiger charge is 2.36. The Morgan fingerprint density at radius 2 is 0.887 bits per heavy atom. The molecule has 3 aliphatic rings. The molecule has 0 saturated carbocycles. The highest BCUT2D eigenvalue weighted by Crippen LogP contribution is 2.14. The smallest absolute Gasteiger partial charge is 0.305 e. The van der Waals surface area contributed by atoms with Crippen molar-refractivity contribution in [2.75, 3.05) is 124 Å². The molecule has 3 fully saturated rings. The minimum Gasteiger partial charge on any atom is -0.481 e. The van der Waals surface area contributed by atoms with Crippen LogP contribution in [0, 0.1) is 0 Å². The fourth-order valence-electron chi connectivity index (χ4n) is 13.1. The Labute approximate surface area is 670 Å². The third-order valence-electron chi connectivity index (χ3n) is 19.8. The molecule has 9 atom stereocenters. The van der Waals surface area contributed by atoms with Gasteiger partial charge in [-0.25, -0.2) is 4.89 Å². The van der Waals surface area contributed by atoms with Crippen molar-refractivity contribution >= 4 is 88.7 Å². The first-order chi connectivity index (χ1) is 55.2. The van der Waals surface area contributed by atoms with Crippen LogP contribution in [-0.2, 0) is 84.9 Å². The molecule has 13 amide bonds. The summed E-state index contributed by atoms with van der Waals surface area (Å²) in [4.78, 5) is 212. The first kappa shape index (κ1) is 95.5. The standard InChI is InChI=1S/C75H123N23O17/c1-4-95-34-36-96(5-2)38-40-98(41-39-97(6-3)37-35-95)48-63(102)87-55(65(105)81-31-16-14-24-54-69(109)90-52(26-18-33-83-75(78)79)67(107)85-47-62(101)88-59(45-64(103)104)73(113)94-58(72(112)92-54)44-50-21-11-8-12-22-50)27-28-60(99)80-30-15-13-23-53-68(108)89-51(25-17-32-82-74(76)77)66(106)84-46-61(100)86-56(29-42-115-114)70(110)93-57(71(111)91-53)43-49-19-9-7-10-20-49/h7-12,19-22,51-59,74,82,114H,4-6,13-18,23-48,76-77H2,1-3H3,(H,80,99)(H,81,105)(H,84,106)(H,85,107)(H,86,100)(H,87,102)(H,88,101)(H,89,108)(H,90,109)(H,91,111)(H,92,112)(H,93,110)(H,94,113)(H,103,104)(H4,78,79,83)/t51?,52-,53?,54-,55?,56?,57+,58?,59-/m0/s1. The summed E-state index contributed by atoms with van der Waals surface area (Å²) < 4.78 is 0. The van der Waals surface area contributed by atoms with E-state index in [2.05, 4.69) is 120 Å². The van der Waals surface area contributed by atoms with E-state index in [0.29, 0.717) is 37.3 Å². The summed E-state index contributed by atoms with van der Waals surface area (Å²) in [7, 11) is 0. The van der Waals surface area contributed by atoms with Crippen LogP contribution in [0.4, 0.5) is 0 Å². The largest absolute Gasteiger partial charge is 0.481 e. The van der Waals surface area contributed by atoms with Crippen LogP contribution >= 0.6 is 0 Å². The van der Waals surface area contributed by atoms with Gasteiger partial charge >= 0.3 is 5.97 Å². The summed E-state index contributed by atoms with van der Waals surface area (Å²) in [6.07, 6.45) is -1.76. The van der Waals surface area contributed by atoms with Crippen molar-refractivity contribution in [1.82, 2.24) is 94.0 Å². The Hall–Kier alpha value is -10.1. The number of aliphatic carboxylic acids is 1. The number of hydrogen-bond acceptors (Lipinski definition) is 24. The normalized spacial score (nSPS) is 22.0. The zero-order valence-electron chi connectivity index (χ0n) is 66.4. The number of nitrogens with one attached hydrogen (secondary N) is 14. The highest BCUT2D eigenvalue weighted by molar-refractivity contribution is 5.99. The molecule has 3 saturated heterocycles. The van der Waals surface area contributed by atoms with Gasteiger partial charge in [0.15, 0.2) is 5.96 Å². The second-order valence-corrected chi connectivity index (χ2v) is 28.6. The molecule has 2 aromatic rings. The molecule has 3 heterocycles. The van der Waals surface area contributed by atoms with Crippen LogP contribution in [0.15, 0.2) is 65.7 Å². The van der Waals surface area contributed by atoms with Gasteiger partial charge in [0.25, 0.3) is 0 Å². The van der Waals surface area contributed by atoms with Crippen LogP contribution in [0.25, 0.3) is 0 Å². The molecule has 24 N–H and O–H groups in total. The Balaban J connectivity index is 1.37. The van der Waals surface area contributed by atoms with Crippen molar-refractivity contribution < 1.29 is 82.4 Å². The van der Waals surface area contributed by atoms with Crippen molar-refractivity contribution in [3.8, 4) is 0 Å². The van der Waals surface area contributed by atoms with E-state index in [4.69, 9.17) is 22.9 Å². The third kappa shape index (κ3) is 37.8. The molecular weight excluding hydrogens is 1490 g/mol. The number of rotatable bonds is 38. The van der Waals surface area contributed by atoms with Crippen LogP contribution in [0.3, 0.4) is 0 Å². The maximum atomic E-state index is 14.5. The van der Waals surface area contributed by atoms with Crippen LogP contribution in [0.1, 0.15) is 122 Å². The minimum absolute atomic E-state index is 0.0217. The topological polar surface area (TPSA) is 586 Å². The maximum Gasteiger partial charge on any atom is 0.305 e. The second-order valence-electron chi connectivity index (χ2n) is 28.6. The van der Waals surface area contributed by atoms with Crippen LogP contribution in [-0.4, -0.2) is 304 Å². The van der Waals surface area contributed by atoms with Gasteiger partial charge in [-0.1, -0.05) is 81.4 Å². The number of carbonyl (C=O) groups excluding carboxylic acids is 13. The molecule has 0 spiro atoms. The van der Waals surface area contributed by atoms with Gasteiger partial charge in [0.05, 0.1) is 32.7 Å². The van der Waals surface area contributed by atoms with Crippen molar-refractivity contribution in [3.05, 3.63) is 71.8 Å². The van der Waals surface area contributed by atoms with Crippen molar-refractivity contribution in [2.24, 2.45) is 27.9 Å². The summed E-state index contributed by atoms with van der Waals surface area (Å²) in [5, 5.41) is 56.2. The summed E-state index contributed by atoms with van der Waals surface area (Å²) >= 11 is 0. The zero-order valence-corrected chi connectivity index (χ0v) is 66.4. The third-order valence-corrected chi connectivity index (χ3v) is 19.8. The van der Waals surface area contributed by atoms with Gasteiger partial charge in [-0.3, -0.25) is 87.6 Å². The van der Waals surface area contributed by atoms with Gasteiger partial charge in [0.2, 0.25) is 76.8 Å². The predicted octanol–water partition coefficient (Wildman–Crippen LogP) is -6.29. The van der Waals surface area contributed by atoms with Gasteiger partial charge in [-0.05, 0) is 108 Å². The molecule has 2 aromatic carbocycles. The molecular formula is C75H123N23O17. The fourth-order valence-corrected chi connectivity index (χ4v) is 13.1. The second kappa shape index (κ2) is 53.2. The number of nitrogens with zero attached hydrogens (tertiary/aromatic N) is 5. The van der Waals surface area contributed by atoms with E-state index in [1.54, 1.807) is 60.7 Å². The van der Waals surface area contributed by atoms with Gasteiger partial charge in [-0.15, -0.1) is 0 Å². The lowest BCUT2D eigenvalue weighted by Crippen LogP contribution is -2.58. The number of aliphatic imine (C=N–C) groups is 1. The molecule has 5 unspecified atom stereocenters. The molecule has 40 heteroatoms. The zero-order chi connectivity index (χ0) is 84.0. The fraction of sp³-hybridized carbons (Fsp3) is 0.640. The number of nitrogens with two attached hydrogens (primary N) is 4. The van der Waals surface area contributed by atoms with E-state index < -0.39 is 170 Å². The molecule has 3 aliphatic heterocycles. The number of likely N-dealkylation sites (N-methyl/N-ethyl adjacent to an activating group) is 3. The lowest BCUT2D eigenvalue weighted by Gasteiger charge is -2.33. The molecule has 40 nitrogen and oxygen atoms in total. The van der Waals surface area contributed by atoms with Crippen molar-refractivity contribution in [1.29, 1.82) is 0 Å². The number of benzene rings is 2. The number of carbonyl (C=O) groups is 14. The van der Waals surface area contributed by atoms with E-state index >= 15 is 0 Å². The number of hydrogen-bond donors (Lipinski definition) is 20. The Kier molecular flexibility index (Phi) is 44.1. The average Bonchev–Trinajstić information content (AvgIpc) is 1.62. The molecule has 0 bridgehead atoms. The van der Waals surface area contributed by atoms with E-state index in [0.717, 1.165) is 45.8 Å². The Morgan fingerprint density at radius 1 is 0.487 bits per heavy atom. The Bertz CT molecular complexity index is 3450. The molecule has 0 aliphatic carbocycles. The molecule has 640 valence electrons. The van der Waals surface area contributed by atoms with E-state index in [1.165, 1.54) is 0 Å². The summed E-state index contributed by atoms with van der Waals surface area (Å²) in [5.74, 6) is -11.8. The minimum atomic E-state index is -1.70. The van der Waals surface area contributed by atoms with Gasteiger partial charge in [0.1, 0.15) is 60.7 Å². The quantitative estimate of drug-likeness (QED) is 0.00743. The predicted molar refractivity (Wildman–Crippen MR) is 424 cm³/mol. The summed E-state index contributed by atoms with van der Waals surface area (Å²) in [5.41, 5.74) is 23.6. The SMILES string of the molecule is CCN1CCN(CC)CCN(CC(=O)NC(CCC(=O)NCCCCC2NC(=O)[C@@H](Cc3ccccc3)NC(=O)C(CCOO)NC(=O)CNC(=O)C(CCCNC(N)N)NC2=O)C(=O)NCCCC[C@@H]2NC(=O)C(Cc3ccccc3)NC(=O)[C@H](CC(=O)O)NC(=O)CNC(=O)[C@H](CCCN=C(N)N)NC2=O)CCN(CC)CC1. The van der Waals surface area contributed by atoms with Crippen LogP contribution in [0.2, 0.25) is 0 Å². The highest BCUT2D eigenvalue weighted by atomic mass is 17.1.